The summed E-state index contributed by atoms with van der Waals surface area (Å²) in [5.74, 6) is -5.17. The molecular weight excluding hydrogens is 409 g/mol. The molecule has 4 N–H and O–H groups in total. The first-order valence-corrected chi connectivity index (χ1v) is 8.96. The van der Waals surface area contributed by atoms with Crippen LogP contribution in [0.25, 0.3) is 0 Å². The van der Waals surface area contributed by atoms with Crippen molar-refractivity contribution < 1.29 is 44.0 Å². The first kappa shape index (κ1) is 23.2. The molecule has 0 aromatic heterocycles. The lowest BCUT2D eigenvalue weighted by Crippen LogP contribution is -2.54. The number of carbonyl (C=O) groups is 4. The Kier molecular flexibility index (Phi) is 8.19. The minimum absolute atomic E-state index is 0.197. The summed E-state index contributed by atoms with van der Waals surface area (Å²) in [7, 11) is 0. The van der Waals surface area contributed by atoms with Gasteiger partial charge < -0.3 is 20.8 Å². The third-order valence-electron chi connectivity index (χ3n) is 4.08. The van der Waals surface area contributed by atoms with Gasteiger partial charge >= 0.3 is 18.1 Å². The van der Waals surface area contributed by atoms with Crippen LogP contribution in [0.3, 0.4) is 0 Å². The number of hydrogen-bond acceptors (Lipinski definition) is 4. The van der Waals surface area contributed by atoms with Crippen molar-refractivity contribution >= 4 is 23.8 Å². The van der Waals surface area contributed by atoms with Gasteiger partial charge in [-0.3, -0.25) is 14.4 Å². The predicted molar refractivity (Wildman–Crippen MR) is 98.4 cm³/mol. The Bertz CT molecular complexity index is 814. The normalized spacial score (nSPS) is 13.9. The SMILES string of the molecule is [2H]N(C(=O)Cc1ccc(C(F)(F)F)cc1)[C@H](C(=O)N[C@@H](CCC(=O)O)C(=O)O)C(C)C. The first-order valence-electron chi connectivity index (χ1n) is 9.40. The van der Waals surface area contributed by atoms with Gasteiger partial charge in [-0.2, -0.15) is 13.2 Å². The maximum Gasteiger partial charge on any atom is 0.416 e. The van der Waals surface area contributed by atoms with E-state index in [2.05, 4.69) is 5.32 Å². The van der Waals surface area contributed by atoms with Gasteiger partial charge in [0.05, 0.1) is 12.0 Å². The highest BCUT2D eigenvalue weighted by atomic mass is 19.4. The van der Waals surface area contributed by atoms with Gasteiger partial charge in [-0.05, 0) is 30.0 Å². The number of hydrogen-bond donors (Lipinski definition) is 4. The largest absolute Gasteiger partial charge is 0.481 e. The third-order valence-corrected chi connectivity index (χ3v) is 4.08. The van der Waals surface area contributed by atoms with Crippen LogP contribution in [0.4, 0.5) is 13.2 Å². The molecule has 8 nitrogen and oxygen atoms in total. The van der Waals surface area contributed by atoms with E-state index in [9.17, 15) is 32.3 Å². The van der Waals surface area contributed by atoms with Crippen molar-refractivity contribution in [2.24, 2.45) is 5.92 Å². The summed E-state index contributed by atoms with van der Waals surface area (Å²) in [6.45, 7) is 3.04. The summed E-state index contributed by atoms with van der Waals surface area (Å²) in [5.41, 5.74) is -0.699. The number of carboxylic acid groups (broad SMARTS) is 2. The van der Waals surface area contributed by atoms with E-state index in [4.69, 9.17) is 11.6 Å². The minimum Gasteiger partial charge on any atom is -0.481 e. The fraction of sp³-hybridized carbons (Fsp3) is 0.474. The molecule has 0 spiro atoms. The Hall–Kier alpha value is -3.11. The number of halogens is 3. The highest BCUT2D eigenvalue weighted by Gasteiger charge is 2.31. The van der Waals surface area contributed by atoms with E-state index in [0.29, 0.717) is 5.31 Å². The number of benzene rings is 1. The number of rotatable bonds is 10. The zero-order chi connectivity index (χ0) is 23.9. The summed E-state index contributed by atoms with van der Waals surface area (Å²) in [4.78, 5) is 46.9. The van der Waals surface area contributed by atoms with Crippen molar-refractivity contribution in [2.45, 2.75) is 51.4 Å². The van der Waals surface area contributed by atoms with Crippen LogP contribution in [0.1, 0.15) is 37.8 Å². The lowest BCUT2D eigenvalue weighted by atomic mass is 10.0. The van der Waals surface area contributed by atoms with Gasteiger partial charge in [-0.25, -0.2) is 4.79 Å². The molecule has 1 aromatic carbocycles. The van der Waals surface area contributed by atoms with E-state index >= 15 is 0 Å². The van der Waals surface area contributed by atoms with E-state index in [1.54, 1.807) is 0 Å². The molecule has 0 bridgehead atoms. The second-order valence-corrected chi connectivity index (χ2v) is 6.91. The lowest BCUT2D eigenvalue weighted by Gasteiger charge is -2.24. The molecular formula is C19H23F3N2O6. The van der Waals surface area contributed by atoms with Crippen LogP contribution in [-0.2, 0) is 31.8 Å². The summed E-state index contributed by atoms with van der Waals surface area (Å²) in [6, 6.07) is 0.848. The number of carboxylic acids is 2. The first-order chi connectivity index (χ1) is 14.2. The predicted octanol–water partition coefficient (Wildman–Crippen LogP) is 1.82. The maximum absolute atomic E-state index is 12.6. The molecule has 166 valence electrons. The van der Waals surface area contributed by atoms with E-state index < -0.39 is 72.8 Å². The summed E-state index contributed by atoms with van der Waals surface area (Å²) < 4.78 is 45.9. The van der Waals surface area contributed by atoms with Crippen molar-refractivity contribution in [3.8, 4) is 0 Å². The zero-order valence-electron chi connectivity index (χ0n) is 17.3. The molecule has 0 heterocycles. The minimum atomic E-state index is -4.54. The molecule has 0 aliphatic rings. The smallest absolute Gasteiger partial charge is 0.416 e. The number of amides is 2. The lowest BCUT2D eigenvalue weighted by molar-refractivity contribution is -0.143. The third kappa shape index (κ3) is 8.10. The highest BCUT2D eigenvalue weighted by Crippen LogP contribution is 2.29. The van der Waals surface area contributed by atoms with Gasteiger partial charge in [0.25, 0.3) is 0 Å². The van der Waals surface area contributed by atoms with Crippen molar-refractivity contribution in [1.82, 2.24) is 10.6 Å². The molecule has 2 atom stereocenters. The Morgan fingerprint density at radius 3 is 2.10 bits per heavy atom. The van der Waals surface area contributed by atoms with Crippen LogP contribution < -0.4 is 10.6 Å². The number of carbonyl (C=O) groups excluding carboxylic acids is 2. The monoisotopic (exact) mass is 433 g/mol. The molecule has 0 saturated carbocycles. The molecule has 1 aromatic rings. The Balaban J connectivity index is 2.90. The van der Waals surface area contributed by atoms with Crippen molar-refractivity contribution in [1.29, 1.82) is 0 Å². The van der Waals surface area contributed by atoms with Gasteiger partial charge in [0.15, 0.2) is 1.41 Å². The highest BCUT2D eigenvalue weighted by molar-refractivity contribution is 5.91. The van der Waals surface area contributed by atoms with E-state index in [-0.39, 0.29) is 5.56 Å². The Morgan fingerprint density at radius 1 is 1.10 bits per heavy atom. The molecule has 0 aliphatic carbocycles. The molecule has 11 heteroatoms. The average molecular weight is 433 g/mol. The van der Waals surface area contributed by atoms with E-state index in [1.807, 2.05) is 0 Å². The molecule has 0 unspecified atom stereocenters. The quantitative estimate of drug-likeness (QED) is 0.445. The van der Waals surface area contributed by atoms with Crippen LogP contribution in [-0.4, -0.2) is 46.0 Å². The standard InChI is InChI=1S/C19H23F3N2O6/c1-10(2)16(17(28)23-13(18(29)30)7-8-15(26)27)24-14(25)9-11-3-5-12(6-4-11)19(20,21)22/h3-6,10,13,16H,7-9H2,1-2H3,(H,23,28)(H,24,25)(H,26,27)(H,29,30)/t13-,16-/m0/s1/i/hD. The topological polar surface area (TPSA) is 133 Å². The fourth-order valence-electron chi connectivity index (χ4n) is 2.48. The van der Waals surface area contributed by atoms with Crippen molar-refractivity contribution in [3.63, 3.8) is 0 Å². The van der Waals surface area contributed by atoms with Gasteiger partial charge in [0.2, 0.25) is 11.8 Å². The van der Waals surface area contributed by atoms with Gasteiger partial charge in [-0.1, -0.05) is 26.0 Å². The Morgan fingerprint density at radius 2 is 1.67 bits per heavy atom. The van der Waals surface area contributed by atoms with Gasteiger partial charge in [-0.15, -0.1) is 0 Å². The summed E-state index contributed by atoms with van der Waals surface area (Å²) in [5, 5.41) is 20.3. The van der Waals surface area contributed by atoms with Crippen LogP contribution in [0.15, 0.2) is 24.3 Å². The summed E-state index contributed by atoms with van der Waals surface area (Å²) >= 11 is 0. The van der Waals surface area contributed by atoms with Gasteiger partial charge in [0.1, 0.15) is 12.1 Å². The molecule has 0 aliphatic heterocycles. The van der Waals surface area contributed by atoms with E-state index in [0.717, 1.165) is 24.3 Å². The van der Waals surface area contributed by atoms with Gasteiger partial charge in [0, 0.05) is 6.42 Å². The molecule has 0 saturated heterocycles. The summed E-state index contributed by atoms with van der Waals surface area (Å²) in [6.07, 6.45) is -5.88. The number of alkyl halides is 3. The van der Waals surface area contributed by atoms with Crippen LogP contribution in [0.2, 0.25) is 1.41 Å². The number of aliphatic carboxylic acids is 2. The molecule has 0 fully saturated rings. The molecule has 30 heavy (non-hydrogen) atoms. The van der Waals surface area contributed by atoms with Crippen LogP contribution in [0.5, 0.6) is 0 Å². The second-order valence-electron chi connectivity index (χ2n) is 6.91. The van der Waals surface area contributed by atoms with Crippen LogP contribution in [0, 0.1) is 5.92 Å². The van der Waals surface area contributed by atoms with Crippen molar-refractivity contribution in [3.05, 3.63) is 35.4 Å². The Labute approximate surface area is 171 Å². The maximum atomic E-state index is 12.6. The average Bonchev–Trinajstić information content (AvgIpc) is 2.64. The van der Waals surface area contributed by atoms with E-state index in [1.165, 1.54) is 13.8 Å². The molecule has 1 rings (SSSR count). The van der Waals surface area contributed by atoms with Crippen LogP contribution >= 0.6 is 0 Å². The molecule has 0 radical (unpaired) electrons. The van der Waals surface area contributed by atoms with Crippen molar-refractivity contribution in [2.75, 3.05) is 0 Å². The zero-order valence-corrected chi connectivity index (χ0v) is 16.3. The number of nitrogens with one attached hydrogen (secondary N) is 2. The second kappa shape index (κ2) is 10.6. The molecule has 2 amide bonds. The fourth-order valence-corrected chi connectivity index (χ4v) is 2.48.